The van der Waals surface area contributed by atoms with Gasteiger partial charge >= 0.3 is 0 Å². The van der Waals surface area contributed by atoms with E-state index in [-0.39, 0.29) is 30.3 Å². The number of rotatable bonds is 5. The van der Waals surface area contributed by atoms with Crippen LogP contribution in [0.2, 0.25) is 0 Å². The van der Waals surface area contributed by atoms with Crippen LogP contribution in [0.1, 0.15) is 44.2 Å². The average Bonchev–Trinajstić information content (AvgIpc) is 2.86. The number of hydrogen-bond donors (Lipinski definition) is 2. The molecule has 3 N–H and O–H groups in total. The van der Waals surface area contributed by atoms with E-state index in [0.717, 1.165) is 30.7 Å². The average molecular weight is 343 g/mol. The van der Waals surface area contributed by atoms with Gasteiger partial charge in [-0.25, -0.2) is 0 Å². The van der Waals surface area contributed by atoms with E-state index < -0.39 is 0 Å². The molecule has 1 aromatic rings. The van der Waals surface area contributed by atoms with Crippen molar-refractivity contribution < 1.29 is 4.79 Å². The summed E-state index contributed by atoms with van der Waals surface area (Å²) in [6, 6.07) is 6.35. The summed E-state index contributed by atoms with van der Waals surface area (Å²) in [4.78, 5) is 12.3. The van der Waals surface area contributed by atoms with Crippen LogP contribution in [0, 0.1) is 12.8 Å². The molecule has 1 aliphatic rings. The third-order valence-corrected chi connectivity index (χ3v) is 5.26. The molecule has 0 bridgehead atoms. The van der Waals surface area contributed by atoms with Gasteiger partial charge in [0.05, 0.1) is 0 Å². The first kappa shape index (κ1) is 19.3. The molecule has 1 amide bonds. The van der Waals surface area contributed by atoms with Crippen molar-refractivity contribution in [1.82, 2.24) is 0 Å². The minimum absolute atomic E-state index is 0. The van der Waals surface area contributed by atoms with Gasteiger partial charge in [-0.05, 0) is 48.6 Å². The van der Waals surface area contributed by atoms with Crippen LogP contribution in [0.15, 0.2) is 18.2 Å². The van der Waals surface area contributed by atoms with Crippen molar-refractivity contribution in [3.8, 4) is 0 Å². The molecule has 0 aromatic heterocycles. The van der Waals surface area contributed by atoms with Crippen LogP contribution in [-0.2, 0) is 10.5 Å². The smallest absolute Gasteiger partial charge is 0.227 e. The van der Waals surface area contributed by atoms with E-state index in [2.05, 4.69) is 32.2 Å². The Morgan fingerprint density at radius 1 is 1.41 bits per heavy atom. The second kappa shape index (κ2) is 8.80. The highest BCUT2D eigenvalue weighted by atomic mass is 35.5. The summed E-state index contributed by atoms with van der Waals surface area (Å²) in [5.74, 6) is 1.19. The van der Waals surface area contributed by atoms with Gasteiger partial charge in [0, 0.05) is 23.4 Å². The first-order chi connectivity index (χ1) is 9.97. The quantitative estimate of drug-likeness (QED) is 0.846. The lowest BCUT2D eigenvalue weighted by molar-refractivity contribution is -0.119. The van der Waals surface area contributed by atoms with E-state index in [0.29, 0.717) is 5.25 Å². The first-order valence-electron chi connectivity index (χ1n) is 7.74. The Morgan fingerprint density at radius 2 is 2.14 bits per heavy atom. The molecule has 1 fully saturated rings. The molecule has 0 heterocycles. The van der Waals surface area contributed by atoms with Crippen molar-refractivity contribution in [3.63, 3.8) is 0 Å². The van der Waals surface area contributed by atoms with E-state index in [1.165, 1.54) is 11.1 Å². The number of carbonyl (C=O) groups excluding carboxylic acids is 1. The van der Waals surface area contributed by atoms with Gasteiger partial charge in [0.1, 0.15) is 0 Å². The molecule has 124 valence electrons. The second-order valence-electron chi connectivity index (χ2n) is 6.21. The summed E-state index contributed by atoms with van der Waals surface area (Å²) >= 11 is 1.92. The predicted molar refractivity (Wildman–Crippen MR) is 98.8 cm³/mol. The van der Waals surface area contributed by atoms with Crippen molar-refractivity contribution in [2.24, 2.45) is 11.7 Å². The molecular weight excluding hydrogens is 316 g/mol. The molecule has 0 spiro atoms. The Balaban J connectivity index is 0.00000242. The van der Waals surface area contributed by atoms with Crippen molar-refractivity contribution in [1.29, 1.82) is 0 Å². The number of halogens is 1. The van der Waals surface area contributed by atoms with Crippen LogP contribution in [0.3, 0.4) is 0 Å². The van der Waals surface area contributed by atoms with Gasteiger partial charge in [-0.15, -0.1) is 12.4 Å². The molecule has 2 atom stereocenters. The molecule has 5 heteroatoms. The molecule has 0 aliphatic heterocycles. The fraction of sp³-hybridized carbons (Fsp3) is 0.588. The van der Waals surface area contributed by atoms with E-state index in [9.17, 15) is 4.79 Å². The number of benzene rings is 1. The van der Waals surface area contributed by atoms with Crippen LogP contribution in [0.5, 0.6) is 0 Å². The summed E-state index contributed by atoms with van der Waals surface area (Å²) < 4.78 is 0. The van der Waals surface area contributed by atoms with Crippen LogP contribution >= 0.6 is 24.2 Å². The number of hydrogen-bond acceptors (Lipinski definition) is 3. The molecule has 1 aliphatic carbocycles. The first-order valence-corrected chi connectivity index (χ1v) is 8.78. The standard InChI is InChI=1S/C17H26N2OS.ClH/c1-11(2)21-10-14-5-4-6-16(12(14)3)19-17(20)13-7-8-15(18)9-13;/h4-6,11,13,15H,7-10,18H2,1-3H3,(H,19,20);1H. The van der Waals surface area contributed by atoms with E-state index in [4.69, 9.17) is 5.73 Å². The fourth-order valence-electron chi connectivity index (χ4n) is 2.72. The summed E-state index contributed by atoms with van der Waals surface area (Å²) in [5, 5.41) is 3.71. The van der Waals surface area contributed by atoms with Crippen molar-refractivity contribution in [2.45, 2.75) is 57.1 Å². The summed E-state index contributed by atoms with van der Waals surface area (Å²) in [7, 11) is 0. The maximum atomic E-state index is 12.3. The normalized spacial score (nSPS) is 20.8. The predicted octanol–water partition coefficient (Wildman–Crippen LogP) is 4.12. The Morgan fingerprint density at radius 3 is 2.73 bits per heavy atom. The van der Waals surface area contributed by atoms with E-state index in [1.807, 2.05) is 23.9 Å². The maximum absolute atomic E-state index is 12.3. The molecule has 0 radical (unpaired) electrons. The molecule has 1 saturated carbocycles. The number of amides is 1. The summed E-state index contributed by atoms with van der Waals surface area (Å²) in [6.45, 7) is 6.50. The number of carbonyl (C=O) groups is 1. The molecule has 2 unspecified atom stereocenters. The topological polar surface area (TPSA) is 55.1 Å². The zero-order chi connectivity index (χ0) is 15.4. The largest absolute Gasteiger partial charge is 0.328 e. The highest BCUT2D eigenvalue weighted by Crippen LogP contribution is 2.28. The molecule has 2 rings (SSSR count). The van der Waals surface area contributed by atoms with E-state index >= 15 is 0 Å². The monoisotopic (exact) mass is 342 g/mol. The molecule has 1 aromatic carbocycles. The third-order valence-electron chi connectivity index (χ3n) is 4.12. The maximum Gasteiger partial charge on any atom is 0.227 e. The Hall–Kier alpha value is -0.710. The Bertz CT molecular complexity index is 507. The van der Waals surface area contributed by atoms with Gasteiger partial charge in [0.15, 0.2) is 0 Å². The minimum Gasteiger partial charge on any atom is -0.328 e. The van der Waals surface area contributed by atoms with Gasteiger partial charge in [0.25, 0.3) is 0 Å². The van der Waals surface area contributed by atoms with Gasteiger partial charge in [-0.1, -0.05) is 26.0 Å². The van der Waals surface area contributed by atoms with Crippen LogP contribution < -0.4 is 11.1 Å². The van der Waals surface area contributed by atoms with Gasteiger partial charge in [-0.2, -0.15) is 11.8 Å². The van der Waals surface area contributed by atoms with Crippen molar-refractivity contribution in [3.05, 3.63) is 29.3 Å². The Labute approximate surface area is 144 Å². The minimum atomic E-state index is 0. The summed E-state index contributed by atoms with van der Waals surface area (Å²) in [5.41, 5.74) is 9.32. The van der Waals surface area contributed by atoms with Crippen molar-refractivity contribution >= 4 is 35.8 Å². The van der Waals surface area contributed by atoms with Crippen molar-refractivity contribution in [2.75, 3.05) is 5.32 Å². The SMILES string of the molecule is Cc1c(CSC(C)C)cccc1NC(=O)C1CCC(N)C1.Cl. The second-order valence-corrected chi connectivity index (χ2v) is 7.77. The lowest BCUT2D eigenvalue weighted by atomic mass is 10.0. The highest BCUT2D eigenvalue weighted by molar-refractivity contribution is 7.99. The van der Waals surface area contributed by atoms with E-state index in [1.54, 1.807) is 0 Å². The highest BCUT2D eigenvalue weighted by Gasteiger charge is 2.28. The zero-order valence-electron chi connectivity index (χ0n) is 13.6. The molecule has 3 nitrogen and oxygen atoms in total. The summed E-state index contributed by atoms with van der Waals surface area (Å²) in [6.07, 6.45) is 2.69. The fourth-order valence-corrected chi connectivity index (χ4v) is 3.55. The van der Waals surface area contributed by atoms with Crippen LogP contribution in [0.25, 0.3) is 0 Å². The molecule has 0 saturated heterocycles. The lowest BCUT2D eigenvalue weighted by Gasteiger charge is -2.15. The number of nitrogens with two attached hydrogens (primary N) is 1. The molecular formula is C17H27ClN2OS. The van der Waals surface area contributed by atoms with Gasteiger partial charge in [-0.3, -0.25) is 4.79 Å². The zero-order valence-corrected chi connectivity index (χ0v) is 15.2. The number of nitrogens with one attached hydrogen (secondary N) is 1. The number of thioether (sulfide) groups is 1. The molecule has 22 heavy (non-hydrogen) atoms. The van der Waals surface area contributed by atoms with Gasteiger partial charge < -0.3 is 11.1 Å². The van der Waals surface area contributed by atoms with Gasteiger partial charge in [0.2, 0.25) is 5.91 Å². The lowest BCUT2D eigenvalue weighted by Crippen LogP contribution is -2.23. The Kier molecular flexibility index (Phi) is 7.74. The van der Waals surface area contributed by atoms with Crippen LogP contribution in [-0.4, -0.2) is 17.2 Å². The number of anilines is 1. The third kappa shape index (κ3) is 5.18. The van der Waals surface area contributed by atoms with Crippen LogP contribution in [0.4, 0.5) is 5.69 Å².